The van der Waals surface area contributed by atoms with Crippen LogP contribution in [0.15, 0.2) is 22.7 Å². The molecule has 1 aliphatic rings. The van der Waals surface area contributed by atoms with Gasteiger partial charge in [0.1, 0.15) is 11.4 Å². The zero-order chi connectivity index (χ0) is 13.3. The molecule has 98 valence electrons. The number of hydrogen-bond donors (Lipinski definition) is 1. The Balaban J connectivity index is 2.18. The van der Waals surface area contributed by atoms with Crippen molar-refractivity contribution in [3.63, 3.8) is 0 Å². The molecule has 0 saturated carbocycles. The van der Waals surface area contributed by atoms with E-state index in [1.807, 2.05) is 4.90 Å². The number of aliphatic carboxylic acids is 1. The highest BCUT2D eigenvalue weighted by molar-refractivity contribution is 9.10. The Bertz CT molecular complexity index is 480. The molecule has 1 aliphatic heterocycles. The molecule has 3 nitrogen and oxygen atoms in total. The van der Waals surface area contributed by atoms with Crippen LogP contribution >= 0.6 is 15.9 Å². The predicted molar refractivity (Wildman–Crippen MR) is 69.8 cm³/mol. The van der Waals surface area contributed by atoms with Gasteiger partial charge < -0.3 is 5.11 Å². The van der Waals surface area contributed by atoms with Gasteiger partial charge in [0.05, 0.1) is 4.47 Å². The molecule has 5 heteroatoms. The first-order valence-corrected chi connectivity index (χ1v) is 6.65. The first-order valence-electron chi connectivity index (χ1n) is 5.86. The van der Waals surface area contributed by atoms with Crippen LogP contribution in [0.25, 0.3) is 0 Å². The summed E-state index contributed by atoms with van der Waals surface area (Å²) in [4.78, 5) is 13.3. The van der Waals surface area contributed by atoms with E-state index in [-0.39, 0.29) is 5.82 Å². The Morgan fingerprint density at radius 2 is 2.33 bits per heavy atom. The second-order valence-corrected chi connectivity index (χ2v) is 5.71. The van der Waals surface area contributed by atoms with Crippen LogP contribution in [0, 0.1) is 5.82 Å². The second-order valence-electron chi connectivity index (χ2n) is 4.85. The molecule has 0 radical (unpaired) electrons. The number of nitrogens with zero attached hydrogens (tertiary/aromatic N) is 1. The van der Waals surface area contributed by atoms with Crippen molar-refractivity contribution in [2.24, 2.45) is 0 Å². The van der Waals surface area contributed by atoms with Gasteiger partial charge in [-0.15, -0.1) is 0 Å². The number of likely N-dealkylation sites (tertiary alicyclic amines) is 1. The van der Waals surface area contributed by atoms with Crippen molar-refractivity contribution in [2.45, 2.75) is 31.8 Å². The third kappa shape index (κ3) is 2.42. The van der Waals surface area contributed by atoms with Gasteiger partial charge in [0.15, 0.2) is 0 Å². The minimum Gasteiger partial charge on any atom is -0.480 e. The van der Waals surface area contributed by atoms with Crippen molar-refractivity contribution in [2.75, 3.05) is 6.54 Å². The largest absolute Gasteiger partial charge is 0.480 e. The van der Waals surface area contributed by atoms with E-state index in [1.54, 1.807) is 19.1 Å². The topological polar surface area (TPSA) is 40.5 Å². The third-order valence-electron chi connectivity index (χ3n) is 3.61. The van der Waals surface area contributed by atoms with E-state index in [2.05, 4.69) is 15.9 Å². The van der Waals surface area contributed by atoms with Gasteiger partial charge in [-0.2, -0.15) is 0 Å². The maximum atomic E-state index is 13.1. The first-order chi connectivity index (χ1) is 8.43. The average Bonchev–Trinajstić information content (AvgIpc) is 2.67. The predicted octanol–water partition coefficient (Wildman–Crippen LogP) is 3.03. The lowest BCUT2D eigenvalue weighted by Crippen LogP contribution is -2.47. The molecule has 0 aliphatic carbocycles. The summed E-state index contributed by atoms with van der Waals surface area (Å²) in [5.74, 6) is -1.10. The van der Waals surface area contributed by atoms with Gasteiger partial charge in [-0.3, -0.25) is 9.69 Å². The van der Waals surface area contributed by atoms with Gasteiger partial charge in [0.2, 0.25) is 0 Å². The molecule has 1 N–H and O–H groups in total. The van der Waals surface area contributed by atoms with Gasteiger partial charge in [0, 0.05) is 6.54 Å². The van der Waals surface area contributed by atoms with Gasteiger partial charge in [-0.1, -0.05) is 6.07 Å². The molecule has 1 heterocycles. The van der Waals surface area contributed by atoms with Crippen molar-refractivity contribution in [1.29, 1.82) is 0 Å². The zero-order valence-electron chi connectivity index (χ0n) is 10.1. The molecule has 0 bridgehead atoms. The fraction of sp³-hybridized carbons (Fsp3) is 0.462. The van der Waals surface area contributed by atoms with Crippen LogP contribution in [0.3, 0.4) is 0 Å². The summed E-state index contributed by atoms with van der Waals surface area (Å²) >= 11 is 3.14. The van der Waals surface area contributed by atoms with Crippen LogP contribution in [-0.4, -0.2) is 28.1 Å². The highest BCUT2D eigenvalue weighted by Crippen LogP contribution is 2.31. The lowest BCUT2D eigenvalue weighted by Gasteiger charge is -2.31. The van der Waals surface area contributed by atoms with Crippen molar-refractivity contribution in [3.8, 4) is 0 Å². The molecule has 1 unspecified atom stereocenters. The lowest BCUT2D eigenvalue weighted by atomic mass is 9.99. The summed E-state index contributed by atoms with van der Waals surface area (Å²) in [6.07, 6.45) is 1.54. The molecule has 0 spiro atoms. The zero-order valence-corrected chi connectivity index (χ0v) is 11.7. The summed E-state index contributed by atoms with van der Waals surface area (Å²) in [6.45, 7) is 3.04. The average molecular weight is 316 g/mol. The fourth-order valence-electron chi connectivity index (χ4n) is 2.37. The van der Waals surface area contributed by atoms with Crippen LogP contribution < -0.4 is 0 Å². The molecule has 1 fully saturated rings. The van der Waals surface area contributed by atoms with Crippen LogP contribution in [0.5, 0.6) is 0 Å². The molecule has 1 saturated heterocycles. The molecule has 0 amide bonds. The van der Waals surface area contributed by atoms with Crippen LogP contribution in [0.2, 0.25) is 0 Å². The highest BCUT2D eigenvalue weighted by Gasteiger charge is 2.43. The van der Waals surface area contributed by atoms with Gasteiger partial charge in [0.25, 0.3) is 0 Å². The SMILES string of the molecule is CC1(C(=O)O)CCCN1Cc1ccc(F)c(Br)c1. The molecular weight excluding hydrogens is 301 g/mol. The third-order valence-corrected chi connectivity index (χ3v) is 4.22. The van der Waals surface area contributed by atoms with E-state index >= 15 is 0 Å². The number of benzene rings is 1. The Morgan fingerprint density at radius 1 is 1.61 bits per heavy atom. The smallest absolute Gasteiger partial charge is 0.323 e. The van der Waals surface area contributed by atoms with Crippen molar-refractivity contribution >= 4 is 21.9 Å². The quantitative estimate of drug-likeness (QED) is 0.932. The van der Waals surface area contributed by atoms with Crippen LogP contribution in [-0.2, 0) is 11.3 Å². The molecule has 2 rings (SSSR count). The lowest BCUT2D eigenvalue weighted by molar-refractivity contribution is -0.148. The summed E-state index contributed by atoms with van der Waals surface area (Å²) < 4.78 is 13.6. The number of rotatable bonds is 3. The molecular formula is C13H15BrFNO2. The minimum absolute atomic E-state index is 0.304. The Morgan fingerprint density at radius 3 is 2.94 bits per heavy atom. The van der Waals surface area contributed by atoms with Gasteiger partial charge in [-0.05, 0) is 59.9 Å². The number of halogens is 2. The van der Waals surface area contributed by atoms with Crippen molar-refractivity contribution in [1.82, 2.24) is 4.90 Å². The summed E-state index contributed by atoms with van der Waals surface area (Å²) in [7, 11) is 0. The second kappa shape index (κ2) is 4.97. The molecule has 0 aromatic heterocycles. The van der Waals surface area contributed by atoms with Crippen LogP contribution in [0.1, 0.15) is 25.3 Å². The van der Waals surface area contributed by atoms with E-state index in [9.17, 15) is 14.3 Å². The standard InChI is InChI=1S/C13H15BrFNO2/c1-13(12(17)18)5-2-6-16(13)8-9-3-4-11(15)10(14)7-9/h3-4,7H,2,5-6,8H2,1H3,(H,17,18). The normalized spacial score (nSPS) is 24.4. The van der Waals surface area contributed by atoms with E-state index in [0.29, 0.717) is 17.4 Å². The number of carbonyl (C=O) groups is 1. The first kappa shape index (κ1) is 13.5. The van der Waals surface area contributed by atoms with Gasteiger partial charge in [-0.25, -0.2) is 4.39 Å². The molecule has 1 aromatic rings. The summed E-state index contributed by atoms with van der Waals surface area (Å²) in [5.41, 5.74) is 0.110. The number of hydrogen-bond acceptors (Lipinski definition) is 2. The Hall–Kier alpha value is -0.940. The van der Waals surface area contributed by atoms with Crippen molar-refractivity contribution < 1.29 is 14.3 Å². The molecule has 1 aromatic carbocycles. The summed E-state index contributed by atoms with van der Waals surface area (Å²) in [5, 5.41) is 9.31. The van der Waals surface area contributed by atoms with Crippen LogP contribution in [0.4, 0.5) is 4.39 Å². The fourth-order valence-corrected chi connectivity index (χ4v) is 2.80. The molecule has 1 atom stereocenters. The Labute approximate surface area is 114 Å². The number of carboxylic acids is 1. The maximum Gasteiger partial charge on any atom is 0.323 e. The molecule has 18 heavy (non-hydrogen) atoms. The maximum absolute atomic E-state index is 13.1. The van der Waals surface area contributed by atoms with Gasteiger partial charge >= 0.3 is 5.97 Å². The van der Waals surface area contributed by atoms with E-state index in [4.69, 9.17) is 0 Å². The minimum atomic E-state index is -0.805. The monoisotopic (exact) mass is 315 g/mol. The summed E-state index contributed by atoms with van der Waals surface area (Å²) in [6, 6.07) is 4.80. The van der Waals surface area contributed by atoms with E-state index in [0.717, 1.165) is 18.5 Å². The van der Waals surface area contributed by atoms with E-state index in [1.165, 1.54) is 6.07 Å². The van der Waals surface area contributed by atoms with Crippen molar-refractivity contribution in [3.05, 3.63) is 34.1 Å². The van der Waals surface area contributed by atoms with E-state index < -0.39 is 11.5 Å². The number of carboxylic acid groups (broad SMARTS) is 1. The Kier molecular flexibility index (Phi) is 3.73. The highest BCUT2D eigenvalue weighted by atomic mass is 79.9.